The zero-order valence-corrected chi connectivity index (χ0v) is 6.84. The number of rotatable bonds is 0. The van der Waals surface area contributed by atoms with Gasteiger partial charge in [-0.25, -0.2) is 9.59 Å². The predicted octanol–water partition coefficient (Wildman–Crippen LogP) is -1.43. The van der Waals surface area contributed by atoms with Gasteiger partial charge in [0.2, 0.25) is 5.96 Å². The Labute approximate surface area is 69.4 Å². The third-order valence-corrected chi connectivity index (χ3v) is 0.905. The molecule has 4 amide bonds. The third-order valence-electron chi connectivity index (χ3n) is 0.905. The van der Waals surface area contributed by atoms with Gasteiger partial charge in [0.05, 0.1) is 0 Å². The Morgan fingerprint density at radius 3 is 2.25 bits per heavy atom. The number of nitrogens with two attached hydrogens (primary N) is 1. The van der Waals surface area contributed by atoms with E-state index in [-0.39, 0.29) is 5.96 Å². The molecule has 0 radical (unpaired) electrons. The molecule has 0 aliphatic rings. The summed E-state index contributed by atoms with van der Waals surface area (Å²) in [7, 11) is 2.82. The van der Waals surface area contributed by atoms with Crippen molar-refractivity contribution in [1.29, 1.82) is 0 Å². The Bertz CT molecular complexity index is 212. The van der Waals surface area contributed by atoms with Crippen molar-refractivity contribution in [3.05, 3.63) is 0 Å². The fourth-order valence-electron chi connectivity index (χ4n) is 0.372. The third kappa shape index (κ3) is 4.09. The summed E-state index contributed by atoms with van der Waals surface area (Å²) in [6, 6.07) is -1.15. The average Bonchev–Trinajstić information content (AvgIpc) is 2.03. The first-order valence-corrected chi connectivity index (χ1v) is 3.14. The van der Waals surface area contributed by atoms with Crippen LogP contribution in [-0.4, -0.2) is 32.1 Å². The number of amides is 4. The lowest BCUT2D eigenvalue weighted by Gasteiger charge is -2.01. The van der Waals surface area contributed by atoms with Crippen molar-refractivity contribution in [3.8, 4) is 0 Å². The van der Waals surface area contributed by atoms with E-state index < -0.39 is 12.1 Å². The molecule has 0 spiro atoms. The minimum Gasteiger partial charge on any atom is -0.369 e. The average molecular weight is 173 g/mol. The van der Waals surface area contributed by atoms with Gasteiger partial charge < -0.3 is 16.4 Å². The standard InChI is InChI=1S/C5H11N5O2/c1-7-4(11)9-3(6)10-5(12)8-2/h1-2H3,(H5,6,7,8,9,10,11,12). The van der Waals surface area contributed by atoms with Gasteiger partial charge in [-0.2, -0.15) is 4.99 Å². The maximum atomic E-state index is 10.6. The van der Waals surface area contributed by atoms with Crippen molar-refractivity contribution in [3.63, 3.8) is 0 Å². The normalized spacial score (nSPS) is 10.3. The van der Waals surface area contributed by atoms with Crippen LogP contribution in [0.15, 0.2) is 4.99 Å². The molecule has 0 rings (SSSR count). The van der Waals surface area contributed by atoms with Crippen molar-refractivity contribution in [2.45, 2.75) is 0 Å². The van der Waals surface area contributed by atoms with Crippen molar-refractivity contribution in [2.75, 3.05) is 14.1 Å². The molecule has 7 heteroatoms. The Kier molecular flexibility index (Phi) is 4.20. The quantitative estimate of drug-likeness (QED) is 0.266. The fraction of sp³-hybridized carbons (Fsp3) is 0.400. The number of nitrogens with one attached hydrogen (secondary N) is 3. The number of aliphatic imine (C=N–C) groups is 1. The highest BCUT2D eigenvalue weighted by atomic mass is 16.2. The molecule has 0 saturated heterocycles. The zero-order valence-electron chi connectivity index (χ0n) is 6.84. The smallest absolute Gasteiger partial charge is 0.343 e. The van der Waals surface area contributed by atoms with Crippen molar-refractivity contribution >= 4 is 18.0 Å². The van der Waals surface area contributed by atoms with Crippen molar-refractivity contribution in [1.82, 2.24) is 16.0 Å². The maximum Gasteiger partial charge on any atom is 0.343 e. The molecule has 0 fully saturated rings. The van der Waals surface area contributed by atoms with Crippen LogP contribution >= 0.6 is 0 Å². The van der Waals surface area contributed by atoms with E-state index in [0.717, 1.165) is 0 Å². The van der Waals surface area contributed by atoms with Crippen LogP contribution in [0.2, 0.25) is 0 Å². The van der Waals surface area contributed by atoms with Gasteiger partial charge in [-0.05, 0) is 0 Å². The summed E-state index contributed by atoms with van der Waals surface area (Å²) < 4.78 is 0. The van der Waals surface area contributed by atoms with Crippen LogP contribution in [0.4, 0.5) is 9.59 Å². The first kappa shape index (κ1) is 10.2. The van der Waals surface area contributed by atoms with E-state index in [2.05, 4.69) is 20.9 Å². The molecule has 0 saturated carbocycles. The summed E-state index contributed by atoms with van der Waals surface area (Å²) in [5.74, 6) is -0.256. The first-order valence-electron chi connectivity index (χ1n) is 3.14. The van der Waals surface area contributed by atoms with Crippen LogP contribution in [0.25, 0.3) is 0 Å². The first-order chi connectivity index (χ1) is 5.60. The van der Waals surface area contributed by atoms with E-state index in [1.807, 2.05) is 0 Å². The molecule has 0 aromatic heterocycles. The molecular weight excluding hydrogens is 162 g/mol. The van der Waals surface area contributed by atoms with Gasteiger partial charge >= 0.3 is 12.1 Å². The van der Waals surface area contributed by atoms with Crippen LogP contribution in [-0.2, 0) is 0 Å². The van der Waals surface area contributed by atoms with Gasteiger partial charge in [-0.3, -0.25) is 5.32 Å². The highest BCUT2D eigenvalue weighted by Gasteiger charge is 2.00. The molecule has 0 aliphatic carbocycles. The minimum atomic E-state index is -0.621. The van der Waals surface area contributed by atoms with Crippen LogP contribution in [0, 0.1) is 0 Å². The van der Waals surface area contributed by atoms with Crippen LogP contribution < -0.4 is 21.7 Å². The number of guanidine groups is 1. The molecule has 7 nitrogen and oxygen atoms in total. The summed E-state index contributed by atoms with van der Waals surface area (Å²) >= 11 is 0. The number of nitrogens with zero attached hydrogens (tertiary/aromatic N) is 1. The highest BCUT2D eigenvalue weighted by molar-refractivity contribution is 6.00. The van der Waals surface area contributed by atoms with Crippen LogP contribution in [0.1, 0.15) is 0 Å². The summed E-state index contributed by atoms with van der Waals surface area (Å²) in [6.45, 7) is 0. The Morgan fingerprint density at radius 2 is 1.83 bits per heavy atom. The number of carbonyl (C=O) groups is 2. The second-order valence-corrected chi connectivity index (χ2v) is 1.76. The Balaban J connectivity index is 4.02. The van der Waals surface area contributed by atoms with Crippen LogP contribution in [0.5, 0.6) is 0 Å². The lowest BCUT2D eigenvalue weighted by Crippen LogP contribution is -2.42. The SMILES string of the molecule is CNC(=O)/N=C(\N)NC(=O)NC. The number of urea groups is 2. The van der Waals surface area contributed by atoms with E-state index in [9.17, 15) is 9.59 Å². The summed E-state index contributed by atoms with van der Waals surface area (Å²) in [5, 5.41) is 6.57. The van der Waals surface area contributed by atoms with Gasteiger partial charge in [-0.15, -0.1) is 0 Å². The molecule has 0 aromatic rings. The topological polar surface area (TPSA) is 109 Å². The minimum absolute atomic E-state index is 0.256. The Hall–Kier alpha value is -1.79. The van der Waals surface area contributed by atoms with Crippen molar-refractivity contribution < 1.29 is 9.59 Å². The molecule has 0 bridgehead atoms. The monoisotopic (exact) mass is 173 g/mol. The number of hydrogen-bond donors (Lipinski definition) is 4. The lowest BCUT2D eigenvalue weighted by atomic mass is 10.8. The summed E-state index contributed by atoms with van der Waals surface area (Å²) in [6.07, 6.45) is 0. The summed E-state index contributed by atoms with van der Waals surface area (Å²) in [4.78, 5) is 24.4. The second-order valence-electron chi connectivity index (χ2n) is 1.76. The molecule has 68 valence electrons. The predicted molar refractivity (Wildman–Crippen MR) is 43.7 cm³/mol. The Morgan fingerprint density at radius 1 is 1.25 bits per heavy atom. The maximum absolute atomic E-state index is 10.6. The molecule has 0 heterocycles. The molecule has 0 unspecified atom stereocenters. The molecule has 0 aliphatic heterocycles. The van der Waals surface area contributed by atoms with Gasteiger partial charge in [0.15, 0.2) is 0 Å². The molecule has 12 heavy (non-hydrogen) atoms. The van der Waals surface area contributed by atoms with E-state index in [1.165, 1.54) is 14.1 Å². The highest BCUT2D eigenvalue weighted by Crippen LogP contribution is 1.70. The fourth-order valence-corrected chi connectivity index (χ4v) is 0.372. The van der Waals surface area contributed by atoms with Gasteiger partial charge in [-0.1, -0.05) is 0 Å². The number of hydrogen-bond acceptors (Lipinski definition) is 2. The van der Waals surface area contributed by atoms with E-state index >= 15 is 0 Å². The lowest BCUT2D eigenvalue weighted by molar-refractivity contribution is 0.247. The van der Waals surface area contributed by atoms with E-state index in [1.54, 1.807) is 0 Å². The van der Waals surface area contributed by atoms with Crippen molar-refractivity contribution in [2.24, 2.45) is 10.7 Å². The summed E-state index contributed by atoms with van der Waals surface area (Å²) in [5.41, 5.74) is 5.14. The van der Waals surface area contributed by atoms with Gasteiger partial charge in [0.1, 0.15) is 0 Å². The van der Waals surface area contributed by atoms with Gasteiger partial charge in [0.25, 0.3) is 0 Å². The molecule has 5 N–H and O–H groups in total. The van der Waals surface area contributed by atoms with Gasteiger partial charge in [0, 0.05) is 14.1 Å². The second kappa shape index (κ2) is 4.94. The zero-order chi connectivity index (χ0) is 9.56. The van der Waals surface area contributed by atoms with E-state index in [0.29, 0.717) is 0 Å². The van der Waals surface area contributed by atoms with E-state index in [4.69, 9.17) is 5.73 Å². The number of carbonyl (C=O) groups excluding carboxylic acids is 2. The molecular formula is C5H11N5O2. The molecule has 0 atom stereocenters. The largest absolute Gasteiger partial charge is 0.369 e. The molecule has 0 aromatic carbocycles. The van der Waals surface area contributed by atoms with Crippen LogP contribution in [0.3, 0.4) is 0 Å².